The first-order chi connectivity index (χ1) is 13.7. The van der Waals surface area contributed by atoms with Gasteiger partial charge >= 0.3 is 0 Å². The average Bonchev–Trinajstić information content (AvgIpc) is 3.09. The van der Waals surface area contributed by atoms with E-state index in [0.29, 0.717) is 11.7 Å². The van der Waals surface area contributed by atoms with Gasteiger partial charge in [0.1, 0.15) is 5.58 Å². The van der Waals surface area contributed by atoms with Crippen molar-refractivity contribution in [2.45, 2.75) is 37.2 Å². The average molecular weight is 396 g/mol. The fourth-order valence-electron chi connectivity index (χ4n) is 3.50. The van der Waals surface area contributed by atoms with Gasteiger partial charge in [-0.2, -0.15) is 11.8 Å². The summed E-state index contributed by atoms with van der Waals surface area (Å²) in [6, 6.07) is 14.2. The van der Waals surface area contributed by atoms with Gasteiger partial charge in [0.2, 0.25) is 5.91 Å². The number of fused-ring (bicyclic) bond motifs is 1. The Hall–Kier alpha value is -2.24. The minimum absolute atomic E-state index is 0.0301. The van der Waals surface area contributed by atoms with Crippen LogP contribution >= 0.6 is 11.8 Å². The standard InChI is InChI=1S/C23H25NO3S/c1-16-5-6-21-18(14-27-22(21)11-16)13-23(25)24-19-4-2-3-17(12-19)15-28-20-7-9-26-10-8-20/h2-6,11-12,14,20H,7-10,13,15H2,1H3,(H,24,25). The highest BCUT2D eigenvalue weighted by Gasteiger charge is 2.14. The molecule has 28 heavy (non-hydrogen) atoms. The maximum atomic E-state index is 12.5. The molecule has 3 aromatic rings. The zero-order valence-corrected chi connectivity index (χ0v) is 16.9. The number of amides is 1. The van der Waals surface area contributed by atoms with Gasteiger partial charge in [-0.05, 0) is 49.1 Å². The van der Waals surface area contributed by atoms with Gasteiger partial charge in [0.25, 0.3) is 0 Å². The van der Waals surface area contributed by atoms with Crippen LogP contribution in [0, 0.1) is 6.92 Å². The molecule has 1 fully saturated rings. The smallest absolute Gasteiger partial charge is 0.228 e. The number of carbonyl (C=O) groups excluding carboxylic acids is 1. The van der Waals surface area contributed by atoms with Crippen molar-refractivity contribution >= 4 is 34.3 Å². The third-order valence-corrected chi connectivity index (χ3v) is 6.47. The first kappa shape index (κ1) is 19.1. The largest absolute Gasteiger partial charge is 0.464 e. The molecule has 5 heteroatoms. The van der Waals surface area contributed by atoms with Gasteiger partial charge in [-0.25, -0.2) is 0 Å². The molecule has 0 atom stereocenters. The molecule has 0 unspecified atom stereocenters. The van der Waals surface area contributed by atoms with Gasteiger partial charge in [0.15, 0.2) is 0 Å². The van der Waals surface area contributed by atoms with Gasteiger partial charge in [-0.1, -0.05) is 24.3 Å². The maximum absolute atomic E-state index is 12.5. The van der Waals surface area contributed by atoms with Crippen LogP contribution in [0.15, 0.2) is 53.1 Å². The van der Waals surface area contributed by atoms with Crippen molar-refractivity contribution in [3.05, 3.63) is 65.4 Å². The molecule has 2 aromatic carbocycles. The number of anilines is 1. The Morgan fingerprint density at radius 3 is 2.89 bits per heavy atom. The summed E-state index contributed by atoms with van der Waals surface area (Å²) >= 11 is 1.98. The summed E-state index contributed by atoms with van der Waals surface area (Å²) in [5.41, 5.74) is 4.97. The lowest BCUT2D eigenvalue weighted by Gasteiger charge is -2.21. The molecular weight excluding hydrogens is 370 g/mol. The summed E-state index contributed by atoms with van der Waals surface area (Å²) in [6.07, 6.45) is 4.24. The first-order valence-electron chi connectivity index (χ1n) is 9.72. The first-order valence-corrected chi connectivity index (χ1v) is 10.8. The normalized spacial score (nSPS) is 15.0. The maximum Gasteiger partial charge on any atom is 0.228 e. The fraction of sp³-hybridized carbons (Fsp3) is 0.348. The molecule has 0 saturated carbocycles. The van der Waals surface area contributed by atoms with Gasteiger partial charge in [0, 0.05) is 40.9 Å². The van der Waals surface area contributed by atoms with E-state index in [1.165, 1.54) is 5.56 Å². The number of hydrogen-bond donors (Lipinski definition) is 1. The van der Waals surface area contributed by atoms with Gasteiger partial charge in [-0.15, -0.1) is 0 Å². The Balaban J connectivity index is 1.36. The quantitative estimate of drug-likeness (QED) is 0.612. The van der Waals surface area contributed by atoms with Crippen molar-refractivity contribution in [1.82, 2.24) is 0 Å². The second kappa shape index (κ2) is 8.84. The van der Waals surface area contributed by atoms with E-state index in [9.17, 15) is 4.79 Å². The van der Waals surface area contributed by atoms with Crippen molar-refractivity contribution in [2.75, 3.05) is 18.5 Å². The lowest BCUT2D eigenvalue weighted by molar-refractivity contribution is -0.115. The number of thioether (sulfide) groups is 1. The van der Waals surface area contributed by atoms with Crippen LogP contribution in [0.25, 0.3) is 11.0 Å². The van der Waals surface area contributed by atoms with Crippen molar-refractivity contribution in [3.8, 4) is 0 Å². The highest BCUT2D eigenvalue weighted by Crippen LogP contribution is 2.27. The van der Waals surface area contributed by atoms with E-state index in [1.54, 1.807) is 6.26 Å². The van der Waals surface area contributed by atoms with Crippen molar-refractivity contribution < 1.29 is 13.9 Å². The molecular formula is C23H25NO3S. The number of carbonyl (C=O) groups is 1. The van der Waals surface area contributed by atoms with Gasteiger partial charge in [0.05, 0.1) is 12.7 Å². The minimum Gasteiger partial charge on any atom is -0.464 e. The predicted octanol–water partition coefficient (Wildman–Crippen LogP) is 5.33. The van der Waals surface area contributed by atoms with E-state index in [-0.39, 0.29) is 5.91 Å². The van der Waals surface area contributed by atoms with Crippen LogP contribution in [0.5, 0.6) is 0 Å². The number of benzene rings is 2. The predicted molar refractivity (Wildman–Crippen MR) is 115 cm³/mol. The summed E-state index contributed by atoms with van der Waals surface area (Å²) in [5, 5.41) is 4.70. The van der Waals surface area contributed by atoms with E-state index in [0.717, 1.165) is 59.6 Å². The number of aryl methyl sites for hydroxylation is 1. The van der Waals surface area contributed by atoms with Crippen LogP contribution in [-0.4, -0.2) is 24.4 Å². The van der Waals surface area contributed by atoms with Gasteiger partial charge < -0.3 is 14.5 Å². The third kappa shape index (κ3) is 4.78. The van der Waals surface area contributed by atoms with Crippen LogP contribution in [0.4, 0.5) is 5.69 Å². The SMILES string of the molecule is Cc1ccc2c(CC(=O)Nc3cccc(CSC4CCOCC4)c3)coc2c1. The Morgan fingerprint density at radius 2 is 2.04 bits per heavy atom. The van der Waals surface area contributed by atoms with E-state index in [4.69, 9.17) is 9.15 Å². The van der Waals surface area contributed by atoms with Crippen LogP contribution < -0.4 is 5.32 Å². The minimum atomic E-state index is -0.0301. The lowest BCUT2D eigenvalue weighted by Crippen LogP contribution is -2.17. The number of rotatable bonds is 6. The molecule has 0 spiro atoms. The molecule has 2 heterocycles. The summed E-state index contributed by atoms with van der Waals surface area (Å²) in [5.74, 6) is 0.928. The molecule has 4 rings (SSSR count). The summed E-state index contributed by atoms with van der Waals surface area (Å²) in [6.45, 7) is 3.77. The molecule has 1 saturated heterocycles. The van der Waals surface area contributed by atoms with E-state index in [1.807, 2.05) is 49.0 Å². The molecule has 1 aliphatic heterocycles. The Kier molecular flexibility index (Phi) is 6.03. The number of nitrogens with one attached hydrogen (secondary N) is 1. The highest BCUT2D eigenvalue weighted by molar-refractivity contribution is 7.99. The van der Waals surface area contributed by atoms with Crippen molar-refractivity contribution in [1.29, 1.82) is 0 Å². The third-order valence-electron chi connectivity index (χ3n) is 5.03. The topological polar surface area (TPSA) is 51.5 Å². The molecule has 1 aliphatic rings. The van der Waals surface area contributed by atoms with Crippen LogP contribution in [0.2, 0.25) is 0 Å². The highest BCUT2D eigenvalue weighted by atomic mass is 32.2. The Labute approximate surface area is 169 Å². The van der Waals surface area contributed by atoms with Crippen LogP contribution in [-0.2, 0) is 21.7 Å². The molecule has 0 bridgehead atoms. The molecule has 0 radical (unpaired) electrons. The fourth-order valence-corrected chi connectivity index (χ4v) is 4.63. The van der Waals surface area contributed by atoms with Crippen LogP contribution in [0.3, 0.4) is 0 Å². The molecule has 0 aliphatic carbocycles. The molecule has 1 aromatic heterocycles. The number of hydrogen-bond acceptors (Lipinski definition) is 4. The molecule has 1 N–H and O–H groups in total. The lowest BCUT2D eigenvalue weighted by atomic mass is 10.1. The Morgan fingerprint density at radius 1 is 1.18 bits per heavy atom. The van der Waals surface area contributed by atoms with E-state index >= 15 is 0 Å². The summed E-state index contributed by atoms with van der Waals surface area (Å²) < 4.78 is 11.0. The number of ether oxygens (including phenoxy) is 1. The van der Waals surface area contributed by atoms with E-state index < -0.39 is 0 Å². The van der Waals surface area contributed by atoms with Crippen LogP contribution in [0.1, 0.15) is 29.5 Å². The second-order valence-electron chi connectivity index (χ2n) is 7.31. The molecule has 1 amide bonds. The van der Waals surface area contributed by atoms with Crippen molar-refractivity contribution in [2.24, 2.45) is 0 Å². The molecule has 4 nitrogen and oxygen atoms in total. The Bertz CT molecular complexity index is 959. The van der Waals surface area contributed by atoms with Crippen molar-refractivity contribution in [3.63, 3.8) is 0 Å². The number of furan rings is 1. The zero-order valence-electron chi connectivity index (χ0n) is 16.1. The van der Waals surface area contributed by atoms with Gasteiger partial charge in [-0.3, -0.25) is 4.79 Å². The second-order valence-corrected chi connectivity index (χ2v) is 8.60. The van der Waals surface area contributed by atoms with E-state index in [2.05, 4.69) is 17.4 Å². The zero-order chi connectivity index (χ0) is 19.3. The molecule has 146 valence electrons. The summed E-state index contributed by atoms with van der Waals surface area (Å²) in [4.78, 5) is 12.5. The monoisotopic (exact) mass is 395 g/mol. The summed E-state index contributed by atoms with van der Waals surface area (Å²) in [7, 11) is 0.